The van der Waals surface area contributed by atoms with Gasteiger partial charge < -0.3 is 5.73 Å². The Labute approximate surface area is 146 Å². The van der Waals surface area contributed by atoms with Gasteiger partial charge in [0.2, 0.25) is 5.69 Å². The van der Waals surface area contributed by atoms with Gasteiger partial charge in [0.1, 0.15) is 17.5 Å². The van der Waals surface area contributed by atoms with Gasteiger partial charge in [0.25, 0.3) is 0 Å². The van der Waals surface area contributed by atoms with E-state index in [0.717, 1.165) is 4.90 Å². The summed E-state index contributed by atoms with van der Waals surface area (Å²) in [6.07, 6.45) is -5.03. The van der Waals surface area contributed by atoms with Crippen LogP contribution in [-0.4, -0.2) is 21.7 Å². The monoisotopic (exact) mass is 399 g/mol. The molecule has 0 unspecified atom stereocenters. The van der Waals surface area contributed by atoms with E-state index >= 15 is 0 Å². The maximum Gasteiger partial charge on any atom is 0.416 e. The van der Waals surface area contributed by atoms with Crippen LogP contribution in [-0.2, 0) is 6.18 Å². The number of nitro groups is 2. The number of anilines is 1. The molecule has 0 atom stereocenters. The molecule has 0 bridgehead atoms. The molecule has 0 fully saturated rings. The van der Waals surface area contributed by atoms with Crippen LogP contribution >= 0.6 is 23.2 Å². The minimum absolute atomic E-state index is 0.169. The van der Waals surface area contributed by atoms with E-state index in [9.17, 15) is 33.4 Å². The number of nitrogens with two attached hydrogens (primary N) is 1. The molecule has 1 aromatic carbocycles. The van der Waals surface area contributed by atoms with Crippen molar-refractivity contribution in [2.45, 2.75) is 6.18 Å². The van der Waals surface area contributed by atoms with E-state index in [0.29, 0.717) is 0 Å². The molecule has 0 radical (unpaired) electrons. The van der Waals surface area contributed by atoms with Gasteiger partial charge in [-0.05, 0) is 0 Å². The van der Waals surface area contributed by atoms with Crippen LogP contribution in [0.4, 0.5) is 30.2 Å². The fraction of sp³-hybridized carbons (Fsp3) is 0.182. The lowest BCUT2D eigenvalue weighted by Gasteiger charge is -2.26. The predicted octanol–water partition coefficient (Wildman–Crippen LogP) is 3.30. The number of aliphatic imine (C=N–C) groups is 1. The Hall–Kier alpha value is -2.60. The molecule has 0 saturated heterocycles. The molecule has 2 rings (SSSR count). The number of hydrogen-bond acceptors (Lipinski definition) is 7. The molecule has 9 nitrogen and oxygen atoms in total. The number of nitro benzene ring substituents is 2. The second kappa shape index (κ2) is 6.37. The Morgan fingerprint density at radius 3 is 2.04 bits per heavy atom. The van der Waals surface area contributed by atoms with Gasteiger partial charge in [-0.25, -0.2) is 4.99 Å². The van der Waals surface area contributed by atoms with E-state index < -0.39 is 50.5 Å². The van der Waals surface area contributed by atoms with Gasteiger partial charge in [0, 0.05) is 12.1 Å². The number of benzene rings is 1. The summed E-state index contributed by atoms with van der Waals surface area (Å²) < 4.78 is 38.7. The van der Waals surface area contributed by atoms with Crippen molar-refractivity contribution in [2.75, 3.05) is 11.6 Å². The van der Waals surface area contributed by atoms with Gasteiger partial charge in [0.05, 0.1) is 15.4 Å². The molecule has 2 N–H and O–H groups in total. The first-order valence-electron chi connectivity index (χ1n) is 6.12. The van der Waals surface area contributed by atoms with Crippen LogP contribution < -0.4 is 10.6 Å². The highest BCUT2D eigenvalue weighted by Crippen LogP contribution is 2.45. The molecule has 0 amide bonds. The first-order valence-corrected chi connectivity index (χ1v) is 6.88. The Bertz CT molecular complexity index is 804. The molecule has 1 aliphatic rings. The number of halogens is 5. The number of nitrogens with zero attached hydrogens (tertiary/aromatic N) is 4. The lowest BCUT2D eigenvalue weighted by molar-refractivity contribution is -0.393. The average Bonchev–Trinajstić information content (AvgIpc) is 2.50. The topological polar surface area (TPSA) is 128 Å². The van der Waals surface area contributed by atoms with Gasteiger partial charge in [-0.2, -0.15) is 13.2 Å². The van der Waals surface area contributed by atoms with Crippen LogP contribution in [0.5, 0.6) is 0 Å². The number of allylic oxidation sites excluding steroid dienone is 1. The summed E-state index contributed by atoms with van der Waals surface area (Å²) in [6.45, 7) is -0.509. The first kappa shape index (κ1) is 18.7. The average molecular weight is 400 g/mol. The SMILES string of the molecule is NC1=C(Cl)N(c2c([N+](=O)[O-])cc(C(F)(F)F)cc2[N+](=O)[O-])CN=C1Cl. The zero-order valence-electron chi connectivity index (χ0n) is 11.8. The third-order valence-electron chi connectivity index (χ3n) is 3.09. The van der Waals surface area contributed by atoms with Gasteiger partial charge in [-0.3, -0.25) is 25.1 Å². The van der Waals surface area contributed by atoms with E-state index in [1.807, 2.05) is 0 Å². The molecular formula is C11H6Cl2F3N5O4. The van der Waals surface area contributed by atoms with E-state index in [-0.39, 0.29) is 23.0 Å². The fourth-order valence-corrected chi connectivity index (χ4v) is 2.42. The molecular weight excluding hydrogens is 394 g/mol. The lowest BCUT2D eigenvalue weighted by atomic mass is 10.1. The Morgan fingerprint density at radius 1 is 1.16 bits per heavy atom. The second-order valence-electron chi connectivity index (χ2n) is 4.60. The van der Waals surface area contributed by atoms with Crippen LogP contribution in [0.25, 0.3) is 0 Å². The summed E-state index contributed by atoms with van der Waals surface area (Å²) in [7, 11) is 0. The first-order chi connectivity index (χ1) is 11.4. The largest absolute Gasteiger partial charge is 0.416 e. The standard InChI is InChI=1S/C11H6Cl2F3N5O4/c12-9-7(17)10(13)19(3-18-9)8-5(20(22)23)1-4(11(14,15)16)2-6(8)21(24)25/h1-2H,3,17H2. The van der Waals surface area contributed by atoms with Crippen molar-refractivity contribution >= 4 is 45.4 Å². The van der Waals surface area contributed by atoms with Gasteiger partial charge >= 0.3 is 17.6 Å². The maximum absolute atomic E-state index is 12.9. The molecule has 1 heterocycles. The Kier molecular flexibility index (Phi) is 4.77. The van der Waals surface area contributed by atoms with Crippen LogP contribution in [0.15, 0.2) is 28.0 Å². The van der Waals surface area contributed by atoms with E-state index in [1.165, 1.54) is 0 Å². The van der Waals surface area contributed by atoms with Crippen molar-refractivity contribution in [1.29, 1.82) is 0 Å². The normalized spacial score (nSPS) is 15.2. The molecule has 1 aliphatic heterocycles. The highest BCUT2D eigenvalue weighted by Gasteiger charge is 2.40. The number of rotatable bonds is 3. The maximum atomic E-state index is 12.9. The second-order valence-corrected chi connectivity index (χ2v) is 5.31. The van der Waals surface area contributed by atoms with Crippen LogP contribution in [0.3, 0.4) is 0 Å². The van der Waals surface area contributed by atoms with Crippen molar-refractivity contribution < 1.29 is 23.0 Å². The molecule has 25 heavy (non-hydrogen) atoms. The summed E-state index contributed by atoms with van der Waals surface area (Å²) in [6, 6.07) is 0.339. The third kappa shape index (κ3) is 3.44. The predicted molar refractivity (Wildman–Crippen MR) is 82.5 cm³/mol. The van der Waals surface area contributed by atoms with Crippen molar-refractivity contribution in [1.82, 2.24) is 0 Å². The van der Waals surface area contributed by atoms with E-state index in [2.05, 4.69) is 4.99 Å². The molecule has 0 aromatic heterocycles. The molecule has 0 saturated carbocycles. The molecule has 0 spiro atoms. The number of alkyl halides is 3. The van der Waals surface area contributed by atoms with E-state index in [1.54, 1.807) is 0 Å². The molecule has 134 valence electrons. The molecule has 1 aromatic rings. The van der Waals surface area contributed by atoms with Crippen molar-refractivity contribution in [3.63, 3.8) is 0 Å². The summed E-state index contributed by atoms with van der Waals surface area (Å²) in [5.74, 6) is 0. The zero-order valence-corrected chi connectivity index (χ0v) is 13.3. The highest BCUT2D eigenvalue weighted by molar-refractivity contribution is 6.70. The minimum Gasteiger partial charge on any atom is -0.394 e. The molecule has 0 aliphatic carbocycles. The van der Waals surface area contributed by atoms with Gasteiger partial charge in [0.15, 0.2) is 5.17 Å². The van der Waals surface area contributed by atoms with Crippen molar-refractivity contribution in [3.05, 3.63) is 48.8 Å². The van der Waals surface area contributed by atoms with Gasteiger partial charge in [-0.1, -0.05) is 23.2 Å². The van der Waals surface area contributed by atoms with Gasteiger partial charge in [-0.15, -0.1) is 0 Å². The highest BCUT2D eigenvalue weighted by atomic mass is 35.5. The lowest BCUT2D eigenvalue weighted by Crippen LogP contribution is -2.30. The summed E-state index contributed by atoms with van der Waals surface area (Å²) in [5.41, 5.74) is 0.487. The zero-order chi connectivity index (χ0) is 19.1. The molecule has 14 heteroatoms. The summed E-state index contributed by atoms with van der Waals surface area (Å²) in [4.78, 5) is 24.4. The van der Waals surface area contributed by atoms with Crippen LogP contribution in [0.1, 0.15) is 5.56 Å². The quantitative estimate of drug-likeness (QED) is 0.471. The van der Waals surface area contributed by atoms with Crippen LogP contribution in [0.2, 0.25) is 0 Å². The fourth-order valence-electron chi connectivity index (χ4n) is 2.00. The summed E-state index contributed by atoms with van der Waals surface area (Å²) >= 11 is 11.5. The van der Waals surface area contributed by atoms with Crippen molar-refractivity contribution in [2.24, 2.45) is 10.7 Å². The van der Waals surface area contributed by atoms with Crippen molar-refractivity contribution in [3.8, 4) is 0 Å². The third-order valence-corrected chi connectivity index (χ3v) is 3.82. The smallest absolute Gasteiger partial charge is 0.394 e. The number of hydrogen-bond donors (Lipinski definition) is 1. The summed E-state index contributed by atoms with van der Waals surface area (Å²) in [5, 5.41) is 21.7. The van der Waals surface area contributed by atoms with E-state index in [4.69, 9.17) is 28.9 Å². The minimum atomic E-state index is -5.03. The Balaban J connectivity index is 2.81. The Morgan fingerprint density at radius 2 is 1.64 bits per heavy atom. The van der Waals surface area contributed by atoms with Crippen LogP contribution in [0, 0.1) is 20.2 Å².